The van der Waals surface area contributed by atoms with Gasteiger partial charge in [-0.1, -0.05) is 30.7 Å². The maximum Gasteiger partial charge on any atom is 0.574 e. The number of fused-ring (bicyclic) bond motifs is 1. The van der Waals surface area contributed by atoms with Crippen molar-refractivity contribution in [3.8, 4) is 17.0 Å². The zero-order valence-electron chi connectivity index (χ0n) is 27.4. The van der Waals surface area contributed by atoms with Crippen LogP contribution in [0, 0.1) is 0 Å². The highest BCUT2D eigenvalue weighted by Crippen LogP contribution is 2.36. The molecule has 0 saturated heterocycles. The molecule has 262 valence electrons. The third-order valence-corrected chi connectivity index (χ3v) is 10.0. The van der Waals surface area contributed by atoms with Crippen LogP contribution in [0.25, 0.3) is 22.0 Å². The number of aryl methyl sites for hydroxylation is 1. The molecule has 1 aliphatic rings. The number of alkyl halides is 3. The molecule has 4 aromatic rings. The Balaban J connectivity index is 1.36. The Kier molecular flexibility index (Phi) is 10.6. The van der Waals surface area contributed by atoms with E-state index >= 15 is 0 Å². The summed E-state index contributed by atoms with van der Waals surface area (Å²) in [5.74, 6) is -1.05. The van der Waals surface area contributed by atoms with E-state index in [9.17, 15) is 26.4 Å². The second kappa shape index (κ2) is 14.4. The molecule has 2 aromatic carbocycles. The van der Waals surface area contributed by atoms with Crippen LogP contribution in [0.1, 0.15) is 64.6 Å². The van der Waals surface area contributed by atoms with Crippen molar-refractivity contribution in [2.24, 2.45) is 0 Å². The smallest absolute Gasteiger partial charge is 0.444 e. The van der Waals surface area contributed by atoms with Gasteiger partial charge in [-0.2, -0.15) is 0 Å². The van der Waals surface area contributed by atoms with Gasteiger partial charge < -0.3 is 20.1 Å². The molecule has 0 bridgehead atoms. The second-order valence-electron chi connectivity index (χ2n) is 12.9. The van der Waals surface area contributed by atoms with E-state index in [1.165, 1.54) is 30.3 Å². The van der Waals surface area contributed by atoms with E-state index in [1.54, 1.807) is 24.4 Å². The highest BCUT2D eigenvalue weighted by atomic mass is 35.5. The van der Waals surface area contributed by atoms with Crippen molar-refractivity contribution in [2.75, 3.05) is 5.32 Å². The van der Waals surface area contributed by atoms with Crippen LogP contribution >= 0.6 is 11.6 Å². The van der Waals surface area contributed by atoms with Crippen molar-refractivity contribution < 1.29 is 35.9 Å². The van der Waals surface area contributed by atoms with Crippen LogP contribution in [0.5, 0.6) is 5.88 Å². The number of carbonyl (C=O) groups is 1. The van der Waals surface area contributed by atoms with Gasteiger partial charge in [-0.3, -0.25) is 0 Å². The molecule has 1 saturated carbocycles. The van der Waals surface area contributed by atoms with Gasteiger partial charge in [-0.05, 0) is 100 Å². The van der Waals surface area contributed by atoms with Gasteiger partial charge in [0.05, 0.1) is 26.9 Å². The minimum atomic E-state index is -5.08. The molecule has 10 nitrogen and oxygen atoms in total. The molecule has 0 atom stereocenters. The number of hydrogen-bond acceptors (Lipinski definition) is 9. The normalized spacial score (nSPS) is 17.1. The summed E-state index contributed by atoms with van der Waals surface area (Å²) < 4.78 is 76.4. The molecule has 0 unspecified atom stereocenters. The summed E-state index contributed by atoms with van der Waals surface area (Å²) in [4.78, 5) is 25.2. The number of amides is 1. The molecule has 49 heavy (non-hydrogen) atoms. The highest BCUT2D eigenvalue weighted by Gasteiger charge is 2.34. The average molecular weight is 720 g/mol. The number of rotatable bonds is 9. The third-order valence-electron chi connectivity index (χ3n) is 7.88. The van der Waals surface area contributed by atoms with Crippen molar-refractivity contribution in [3.05, 3.63) is 71.0 Å². The number of nitrogens with zero attached hydrogens (tertiary/aromatic N) is 3. The summed E-state index contributed by atoms with van der Waals surface area (Å²) >= 11 is 6.07. The molecule has 5 rings (SSSR count). The predicted octanol–water partition coefficient (Wildman–Crippen LogP) is 8.03. The lowest BCUT2D eigenvalue weighted by molar-refractivity contribution is -0.275. The minimum Gasteiger partial charge on any atom is -0.444 e. The number of hydrogen-bond donors (Lipinski definition) is 2. The molecular formula is C34H37ClF3N5O5S. The number of carbonyl (C=O) groups excluding carboxylic acids is 1. The first-order valence-corrected chi connectivity index (χ1v) is 17.8. The van der Waals surface area contributed by atoms with Crippen molar-refractivity contribution in [1.82, 2.24) is 20.3 Å². The van der Waals surface area contributed by atoms with E-state index in [0.29, 0.717) is 28.8 Å². The lowest BCUT2D eigenvalue weighted by atomic mass is 9.91. The molecule has 0 spiro atoms. The van der Waals surface area contributed by atoms with Crippen LogP contribution in [-0.4, -0.2) is 53.5 Å². The van der Waals surface area contributed by atoms with Crippen LogP contribution in [0.4, 0.5) is 23.9 Å². The van der Waals surface area contributed by atoms with E-state index in [2.05, 4.69) is 25.3 Å². The van der Waals surface area contributed by atoms with Gasteiger partial charge in [0, 0.05) is 29.2 Å². The van der Waals surface area contributed by atoms with E-state index in [1.807, 2.05) is 27.7 Å². The zero-order valence-corrected chi connectivity index (χ0v) is 29.0. The quantitative estimate of drug-likeness (QED) is 0.176. The van der Waals surface area contributed by atoms with E-state index in [4.69, 9.17) is 21.3 Å². The molecule has 0 aliphatic heterocycles. The average Bonchev–Trinajstić information content (AvgIpc) is 3.00. The molecule has 15 heteroatoms. The van der Waals surface area contributed by atoms with Crippen LogP contribution < -0.4 is 15.4 Å². The maximum atomic E-state index is 13.5. The SMILES string of the molecule is CCc1cc(-c2ccc(CS(=O)(=O)c3ccccc3Cl)nc2OC(F)(F)F)cc2cnc(NC3CCC(NC(=O)OC(C)(C)C)CC3)nc12. The molecule has 0 radical (unpaired) electrons. The Morgan fingerprint density at radius 1 is 1.00 bits per heavy atom. The van der Waals surface area contributed by atoms with Gasteiger partial charge in [0.15, 0.2) is 9.84 Å². The minimum absolute atomic E-state index is 0.00491. The van der Waals surface area contributed by atoms with Gasteiger partial charge in [0.2, 0.25) is 11.8 Å². The fourth-order valence-corrected chi connectivity index (χ4v) is 7.53. The highest BCUT2D eigenvalue weighted by molar-refractivity contribution is 7.90. The fourth-order valence-electron chi connectivity index (χ4n) is 5.69. The summed E-state index contributed by atoms with van der Waals surface area (Å²) in [7, 11) is -4.03. The summed E-state index contributed by atoms with van der Waals surface area (Å²) in [6.45, 7) is 7.35. The number of benzene rings is 2. The number of alkyl carbamates (subject to hydrolysis) is 1. The molecule has 1 fully saturated rings. The maximum absolute atomic E-state index is 13.5. The first-order chi connectivity index (χ1) is 23.0. The van der Waals surface area contributed by atoms with Crippen LogP contribution in [0.2, 0.25) is 5.02 Å². The molecule has 2 aromatic heterocycles. The molecule has 2 heterocycles. The topological polar surface area (TPSA) is 132 Å². The monoisotopic (exact) mass is 719 g/mol. The molecular weight excluding hydrogens is 683 g/mol. The second-order valence-corrected chi connectivity index (χ2v) is 15.2. The Morgan fingerprint density at radius 3 is 2.35 bits per heavy atom. The van der Waals surface area contributed by atoms with Gasteiger partial charge in [-0.15, -0.1) is 13.2 Å². The number of ether oxygens (including phenoxy) is 2. The van der Waals surface area contributed by atoms with Crippen LogP contribution in [0.3, 0.4) is 0 Å². The fraction of sp³-hybridized carbons (Fsp3) is 0.412. The lowest BCUT2D eigenvalue weighted by Gasteiger charge is -2.30. The molecule has 1 amide bonds. The van der Waals surface area contributed by atoms with Crippen molar-refractivity contribution in [3.63, 3.8) is 0 Å². The number of anilines is 1. The number of aromatic nitrogens is 3. The van der Waals surface area contributed by atoms with Gasteiger partial charge in [0.1, 0.15) is 5.60 Å². The number of nitrogens with one attached hydrogen (secondary N) is 2. The van der Waals surface area contributed by atoms with E-state index in [-0.39, 0.29) is 33.3 Å². The largest absolute Gasteiger partial charge is 0.574 e. The standard InChI is InChI=1S/C34H37ClF3N5O5S/c1-5-20-16-21(26-15-14-25(40-30(26)47-34(36,37)38)19-49(45,46)28-9-7-6-8-27(28)35)17-22-18-39-31(43-29(20)22)41-23-10-12-24(13-11-23)42-32(44)48-33(2,3)4/h6-9,14-18,23-24H,5,10-13,19H2,1-4H3,(H,42,44)(H,39,41,43). The number of pyridine rings is 1. The summed E-state index contributed by atoms with van der Waals surface area (Å²) in [5.41, 5.74) is 1.07. The van der Waals surface area contributed by atoms with Crippen molar-refractivity contribution in [2.45, 2.75) is 94.5 Å². The van der Waals surface area contributed by atoms with Crippen LogP contribution in [0.15, 0.2) is 59.6 Å². The summed E-state index contributed by atoms with van der Waals surface area (Å²) in [6, 6.07) is 12.0. The first kappa shape index (κ1) is 36.1. The number of halogens is 4. The first-order valence-electron chi connectivity index (χ1n) is 15.8. The Labute approximate surface area is 287 Å². The number of sulfone groups is 1. The van der Waals surface area contributed by atoms with E-state index in [0.717, 1.165) is 31.2 Å². The Bertz CT molecular complexity index is 1950. The van der Waals surface area contributed by atoms with Crippen molar-refractivity contribution in [1.29, 1.82) is 0 Å². The Hall–Kier alpha value is -4.17. The van der Waals surface area contributed by atoms with Crippen molar-refractivity contribution >= 4 is 44.4 Å². The molecule has 2 N–H and O–H groups in total. The molecule has 1 aliphatic carbocycles. The third kappa shape index (κ3) is 9.50. The van der Waals surface area contributed by atoms with Gasteiger partial charge >= 0.3 is 12.5 Å². The van der Waals surface area contributed by atoms with Gasteiger partial charge in [-0.25, -0.2) is 28.2 Å². The predicted molar refractivity (Wildman–Crippen MR) is 180 cm³/mol. The lowest BCUT2D eigenvalue weighted by Crippen LogP contribution is -2.42. The van der Waals surface area contributed by atoms with Gasteiger partial charge in [0.25, 0.3) is 0 Å². The van der Waals surface area contributed by atoms with Crippen LogP contribution in [-0.2, 0) is 26.7 Å². The zero-order chi connectivity index (χ0) is 35.6. The van der Waals surface area contributed by atoms with E-state index < -0.39 is 39.5 Å². The Morgan fingerprint density at radius 2 is 1.69 bits per heavy atom. The summed E-state index contributed by atoms with van der Waals surface area (Å²) in [5, 5.41) is 6.89. The summed E-state index contributed by atoms with van der Waals surface area (Å²) in [6.07, 6.45) is -0.313.